The van der Waals surface area contributed by atoms with Crippen LogP contribution < -0.4 is 0 Å². The minimum Gasteiger partial charge on any atom is -0.393 e. The first kappa shape index (κ1) is 14.2. The molecule has 17 heavy (non-hydrogen) atoms. The molecule has 1 rings (SSSR count). The normalized spacial score (nSPS) is 14.5. The smallest absolute Gasteiger partial charge is 0.0717 e. The van der Waals surface area contributed by atoms with Crippen LogP contribution in [0.15, 0.2) is 30.3 Å². The second kappa shape index (κ2) is 8.26. The van der Waals surface area contributed by atoms with E-state index in [0.717, 1.165) is 19.3 Å². The molecule has 96 valence electrons. The van der Waals surface area contributed by atoms with Crippen LogP contribution in [0.25, 0.3) is 0 Å². The average molecular weight is 236 g/mol. The lowest BCUT2D eigenvalue weighted by Gasteiger charge is -2.21. The number of aliphatic hydroxyl groups excluding tert-OH is 1. The monoisotopic (exact) mass is 236 g/mol. The van der Waals surface area contributed by atoms with Gasteiger partial charge in [0.2, 0.25) is 0 Å². The summed E-state index contributed by atoms with van der Waals surface area (Å²) < 4.78 is 5.68. The maximum atomic E-state index is 9.93. The van der Waals surface area contributed by atoms with Crippen LogP contribution in [0, 0.1) is 5.92 Å². The summed E-state index contributed by atoms with van der Waals surface area (Å²) in [4.78, 5) is 0. The molecule has 2 atom stereocenters. The molecule has 0 fully saturated rings. The predicted molar refractivity (Wildman–Crippen MR) is 70.8 cm³/mol. The number of benzene rings is 1. The van der Waals surface area contributed by atoms with Crippen molar-refractivity contribution in [3.63, 3.8) is 0 Å². The highest BCUT2D eigenvalue weighted by atomic mass is 16.5. The molecule has 2 unspecified atom stereocenters. The molecule has 1 aromatic carbocycles. The minimum atomic E-state index is -0.222. The van der Waals surface area contributed by atoms with Crippen molar-refractivity contribution < 1.29 is 9.84 Å². The van der Waals surface area contributed by atoms with E-state index in [4.69, 9.17) is 4.74 Å². The molecule has 0 saturated carbocycles. The van der Waals surface area contributed by atoms with E-state index in [1.54, 1.807) is 0 Å². The molecule has 0 heterocycles. The van der Waals surface area contributed by atoms with Gasteiger partial charge in [0.05, 0.1) is 19.3 Å². The molecule has 0 aliphatic heterocycles. The van der Waals surface area contributed by atoms with Crippen LogP contribution in [0.2, 0.25) is 0 Å². The van der Waals surface area contributed by atoms with Gasteiger partial charge in [-0.15, -0.1) is 0 Å². The zero-order valence-corrected chi connectivity index (χ0v) is 10.9. The topological polar surface area (TPSA) is 29.5 Å². The Bertz CT molecular complexity index is 284. The SMILES string of the molecule is CCCC(O)C(CC)COCc1ccccc1. The summed E-state index contributed by atoms with van der Waals surface area (Å²) in [5.41, 5.74) is 1.19. The Morgan fingerprint density at radius 1 is 1.18 bits per heavy atom. The van der Waals surface area contributed by atoms with Crippen molar-refractivity contribution in [1.29, 1.82) is 0 Å². The van der Waals surface area contributed by atoms with Gasteiger partial charge in [0.1, 0.15) is 0 Å². The molecule has 0 bridgehead atoms. The molecule has 2 heteroatoms. The number of rotatable bonds is 8. The van der Waals surface area contributed by atoms with Gasteiger partial charge in [0.25, 0.3) is 0 Å². The third-order valence-corrected chi connectivity index (χ3v) is 3.10. The largest absolute Gasteiger partial charge is 0.393 e. The van der Waals surface area contributed by atoms with Crippen LogP contribution >= 0.6 is 0 Å². The fourth-order valence-corrected chi connectivity index (χ4v) is 1.93. The molecule has 0 spiro atoms. The first-order chi connectivity index (χ1) is 8.27. The van der Waals surface area contributed by atoms with Crippen molar-refractivity contribution in [3.05, 3.63) is 35.9 Å². The molecule has 0 radical (unpaired) electrons. The Balaban J connectivity index is 2.28. The average Bonchev–Trinajstić information content (AvgIpc) is 2.36. The van der Waals surface area contributed by atoms with Crippen LogP contribution in [0.5, 0.6) is 0 Å². The minimum absolute atomic E-state index is 0.222. The summed E-state index contributed by atoms with van der Waals surface area (Å²) in [6.45, 7) is 5.49. The predicted octanol–water partition coefficient (Wildman–Crippen LogP) is 3.39. The Kier molecular flexibility index (Phi) is 6.90. The number of aliphatic hydroxyl groups is 1. The van der Waals surface area contributed by atoms with Crippen LogP contribution in [-0.2, 0) is 11.3 Å². The summed E-state index contributed by atoms with van der Waals surface area (Å²) in [5, 5.41) is 9.93. The second-order valence-electron chi connectivity index (χ2n) is 4.53. The van der Waals surface area contributed by atoms with E-state index in [-0.39, 0.29) is 12.0 Å². The van der Waals surface area contributed by atoms with E-state index < -0.39 is 0 Å². The van der Waals surface area contributed by atoms with Crippen molar-refractivity contribution in [3.8, 4) is 0 Å². The van der Waals surface area contributed by atoms with Gasteiger partial charge >= 0.3 is 0 Å². The number of hydrogen-bond acceptors (Lipinski definition) is 2. The van der Waals surface area contributed by atoms with E-state index in [1.165, 1.54) is 5.56 Å². The summed E-state index contributed by atoms with van der Waals surface area (Å²) in [5.74, 6) is 0.263. The standard InChI is InChI=1S/C15H24O2/c1-3-8-15(16)14(4-2)12-17-11-13-9-6-5-7-10-13/h5-7,9-10,14-16H,3-4,8,11-12H2,1-2H3. The van der Waals surface area contributed by atoms with Gasteiger partial charge in [-0.05, 0) is 18.4 Å². The third-order valence-electron chi connectivity index (χ3n) is 3.10. The van der Waals surface area contributed by atoms with E-state index in [1.807, 2.05) is 18.2 Å². The van der Waals surface area contributed by atoms with Gasteiger partial charge in [-0.3, -0.25) is 0 Å². The Hall–Kier alpha value is -0.860. The van der Waals surface area contributed by atoms with E-state index in [0.29, 0.717) is 13.2 Å². The summed E-state index contributed by atoms with van der Waals surface area (Å²) in [7, 11) is 0. The molecule has 1 aromatic rings. The summed E-state index contributed by atoms with van der Waals surface area (Å²) in [6, 6.07) is 10.2. The van der Waals surface area contributed by atoms with Gasteiger partial charge in [-0.25, -0.2) is 0 Å². The van der Waals surface area contributed by atoms with E-state index >= 15 is 0 Å². The highest BCUT2D eigenvalue weighted by Crippen LogP contribution is 2.15. The molecule has 2 nitrogen and oxygen atoms in total. The molecule has 0 aliphatic carbocycles. The lowest BCUT2D eigenvalue weighted by atomic mass is 9.97. The van der Waals surface area contributed by atoms with E-state index in [2.05, 4.69) is 26.0 Å². The zero-order chi connectivity index (χ0) is 12.5. The first-order valence-corrected chi connectivity index (χ1v) is 6.57. The Labute approximate surface area is 105 Å². The first-order valence-electron chi connectivity index (χ1n) is 6.57. The van der Waals surface area contributed by atoms with Crippen LogP contribution in [0.1, 0.15) is 38.7 Å². The fourth-order valence-electron chi connectivity index (χ4n) is 1.93. The quantitative estimate of drug-likeness (QED) is 0.749. The molecule has 0 amide bonds. The van der Waals surface area contributed by atoms with E-state index in [9.17, 15) is 5.11 Å². The maximum Gasteiger partial charge on any atom is 0.0717 e. The van der Waals surface area contributed by atoms with Crippen molar-refractivity contribution in [1.82, 2.24) is 0 Å². The van der Waals surface area contributed by atoms with Crippen molar-refractivity contribution in [2.24, 2.45) is 5.92 Å². The van der Waals surface area contributed by atoms with Crippen molar-refractivity contribution >= 4 is 0 Å². The molecule has 0 aromatic heterocycles. The molecule has 1 N–H and O–H groups in total. The van der Waals surface area contributed by atoms with Gasteiger partial charge in [0, 0.05) is 5.92 Å². The molecule has 0 aliphatic rings. The highest BCUT2D eigenvalue weighted by molar-refractivity contribution is 5.13. The van der Waals surface area contributed by atoms with Crippen LogP contribution in [0.3, 0.4) is 0 Å². The maximum absolute atomic E-state index is 9.93. The number of hydrogen-bond donors (Lipinski definition) is 1. The molecular weight excluding hydrogens is 212 g/mol. The van der Waals surface area contributed by atoms with Gasteiger partial charge < -0.3 is 9.84 Å². The van der Waals surface area contributed by atoms with Crippen molar-refractivity contribution in [2.75, 3.05) is 6.61 Å². The van der Waals surface area contributed by atoms with Crippen molar-refractivity contribution in [2.45, 2.75) is 45.8 Å². The Morgan fingerprint density at radius 3 is 2.47 bits per heavy atom. The highest BCUT2D eigenvalue weighted by Gasteiger charge is 2.16. The second-order valence-corrected chi connectivity index (χ2v) is 4.53. The molecular formula is C15H24O2. The lowest BCUT2D eigenvalue weighted by molar-refractivity contribution is 0.0156. The van der Waals surface area contributed by atoms with Crippen LogP contribution in [-0.4, -0.2) is 17.8 Å². The zero-order valence-electron chi connectivity index (χ0n) is 10.9. The Morgan fingerprint density at radius 2 is 1.88 bits per heavy atom. The number of ether oxygens (including phenoxy) is 1. The van der Waals surface area contributed by atoms with Crippen LogP contribution in [0.4, 0.5) is 0 Å². The van der Waals surface area contributed by atoms with Gasteiger partial charge in [-0.2, -0.15) is 0 Å². The lowest BCUT2D eigenvalue weighted by Crippen LogP contribution is -2.24. The molecule has 0 saturated heterocycles. The fraction of sp³-hybridized carbons (Fsp3) is 0.600. The summed E-state index contributed by atoms with van der Waals surface area (Å²) in [6.07, 6.45) is 2.64. The summed E-state index contributed by atoms with van der Waals surface area (Å²) >= 11 is 0. The van der Waals surface area contributed by atoms with Gasteiger partial charge in [-0.1, -0.05) is 50.6 Å². The van der Waals surface area contributed by atoms with Gasteiger partial charge in [0.15, 0.2) is 0 Å². The third kappa shape index (κ3) is 5.33.